The maximum absolute atomic E-state index is 11.0. The van der Waals surface area contributed by atoms with E-state index in [9.17, 15) is 9.59 Å². The molecule has 0 N–H and O–H groups in total. The van der Waals surface area contributed by atoms with Crippen LogP contribution in [0.25, 0.3) is 0 Å². The second-order valence-electron chi connectivity index (χ2n) is 3.20. The van der Waals surface area contributed by atoms with E-state index < -0.39 is 0 Å². The van der Waals surface area contributed by atoms with Crippen LogP contribution >= 0.6 is 0 Å². The summed E-state index contributed by atoms with van der Waals surface area (Å²) in [7, 11) is 0. The Morgan fingerprint density at radius 1 is 1.67 bits per heavy atom. The summed E-state index contributed by atoms with van der Waals surface area (Å²) >= 11 is 0. The quantitative estimate of drug-likeness (QED) is 0.564. The Bertz CT molecular complexity index is 193. The first kappa shape index (κ1) is 9.03. The summed E-state index contributed by atoms with van der Waals surface area (Å²) in [6.07, 6.45) is 0.410. The average Bonchev–Trinajstić information content (AvgIpc) is 2.32. The maximum Gasteiger partial charge on any atom is 0.295 e. The molecule has 1 heterocycles. The summed E-state index contributed by atoms with van der Waals surface area (Å²) in [5.41, 5.74) is 0. The SMILES string of the molecule is CC(=O)N1CC(C)CC1OC=O. The van der Waals surface area contributed by atoms with E-state index in [1.54, 1.807) is 4.90 Å². The van der Waals surface area contributed by atoms with Gasteiger partial charge in [0.25, 0.3) is 6.47 Å². The average molecular weight is 171 g/mol. The lowest BCUT2D eigenvalue weighted by Gasteiger charge is -2.20. The monoisotopic (exact) mass is 171 g/mol. The standard InChI is InChI=1S/C8H13NO3/c1-6-3-8(12-5-10)9(4-6)7(2)11/h5-6,8H,3-4H2,1-2H3. The number of nitrogens with zero attached hydrogens (tertiary/aromatic N) is 1. The molecular weight excluding hydrogens is 158 g/mol. The first-order valence-electron chi connectivity index (χ1n) is 4.01. The van der Waals surface area contributed by atoms with Gasteiger partial charge in [-0.05, 0) is 5.92 Å². The Labute approximate surface area is 71.5 Å². The summed E-state index contributed by atoms with van der Waals surface area (Å²) in [5, 5.41) is 0. The van der Waals surface area contributed by atoms with E-state index in [0.29, 0.717) is 18.9 Å². The second-order valence-corrected chi connectivity index (χ2v) is 3.20. The van der Waals surface area contributed by atoms with Crippen molar-refractivity contribution in [2.75, 3.05) is 6.54 Å². The topological polar surface area (TPSA) is 46.6 Å². The van der Waals surface area contributed by atoms with Crippen LogP contribution in [-0.2, 0) is 14.3 Å². The highest BCUT2D eigenvalue weighted by atomic mass is 16.5. The Balaban J connectivity index is 2.58. The molecule has 1 amide bonds. The highest BCUT2D eigenvalue weighted by Crippen LogP contribution is 2.22. The first-order chi connectivity index (χ1) is 5.65. The van der Waals surface area contributed by atoms with Crippen molar-refractivity contribution >= 4 is 12.4 Å². The molecule has 0 aromatic carbocycles. The summed E-state index contributed by atoms with van der Waals surface area (Å²) in [6.45, 7) is 4.61. The summed E-state index contributed by atoms with van der Waals surface area (Å²) in [5.74, 6) is 0.380. The zero-order valence-electron chi connectivity index (χ0n) is 7.32. The lowest BCUT2D eigenvalue weighted by Crippen LogP contribution is -2.35. The number of amides is 1. The van der Waals surface area contributed by atoms with Gasteiger partial charge in [0.05, 0.1) is 0 Å². The fraction of sp³-hybridized carbons (Fsp3) is 0.750. The molecular formula is C8H13NO3. The molecule has 12 heavy (non-hydrogen) atoms. The van der Waals surface area contributed by atoms with Crippen molar-refractivity contribution in [2.45, 2.75) is 26.5 Å². The van der Waals surface area contributed by atoms with Crippen LogP contribution in [0.1, 0.15) is 20.3 Å². The molecule has 0 bridgehead atoms. The van der Waals surface area contributed by atoms with Crippen LogP contribution in [0.15, 0.2) is 0 Å². The van der Waals surface area contributed by atoms with Gasteiger partial charge >= 0.3 is 0 Å². The molecule has 0 aromatic heterocycles. The predicted molar refractivity (Wildman–Crippen MR) is 42.1 cm³/mol. The lowest BCUT2D eigenvalue weighted by molar-refractivity contribution is -0.149. The third kappa shape index (κ3) is 1.75. The van der Waals surface area contributed by atoms with E-state index in [1.165, 1.54) is 6.92 Å². The van der Waals surface area contributed by atoms with Crippen molar-refractivity contribution in [1.82, 2.24) is 4.90 Å². The van der Waals surface area contributed by atoms with Crippen LogP contribution < -0.4 is 0 Å². The van der Waals surface area contributed by atoms with Gasteiger partial charge in [0, 0.05) is 19.9 Å². The summed E-state index contributed by atoms with van der Waals surface area (Å²) < 4.78 is 4.77. The van der Waals surface area contributed by atoms with Gasteiger partial charge in [-0.25, -0.2) is 0 Å². The summed E-state index contributed by atoms with van der Waals surface area (Å²) in [4.78, 5) is 22.7. The van der Waals surface area contributed by atoms with Crippen molar-refractivity contribution in [3.8, 4) is 0 Å². The van der Waals surface area contributed by atoms with Crippen LogP contribution in [0.4, 0.5) is 0 Å². The number of hydrogen-bond acceptors (Lipinski definition) is 3. The molecule has 1 aliphatic rings. The molecule has 4 heteroatoms. The molecule has 1 fully saturated rings. The van der Waals surface area contributed by atoms with E-state index in [1.807, 2.05) is 6.92 Å². The van der Waals surface area contributed by atoms with Gasteiger partial charge in [-0.1, -0.05) is 6.92 Å². The van der Waals surface area contributed by atoms with Gasteiger partial charge in [0.15, 0.2) is 6.23 Å². The van der Waals surface area contributed by atoms with Crippen LogP contribution in [0.2, 0.25) is 0 Å². The second kappa shape index (κ2) is 3.56. The van der Waals surface area contributed by atoms with Crippen molar-refractivity contribution < 1.29 is 14.3 Å². The van der Waals surface area contributed by atoms with Crippen LogP contribution in [-0.4, -0.2) is 30.1 Å². The Kier molecular flexibility index (Phi) is 2.68. The maximum atomic E-state index is 11.0. The number of carbonyl (C=O) groups excluding carboxylic acids is 2. The molecule has 1 aliphatic heterocycles. The van der Waals surface area contributed by atoms with Gasteiger partial charge in [-0.3, -0.25) is 9.59 Å². The molecule has 0 spiro atoms. The van der Waals surface area contributed by atoms with Crippen molar-refractivity contribution in [2.24, 2.45) is 5.92 Å². The van der Waals surface area contributed by atoms with Gasteiger partial charge in [-0.15, -0.1) is 0 Å². The van der Waals surface area contributed by atoms with Crippen molar-refractivity contribution in [3.63, 3.8) is 0 Å². The molecule has 0 aliphatic carbocycles. The smallest absolute Gasteiger partial charge is 0.295 e. The van der Waals surface area contributed by atoms with E-state index in [0.717, 1.165) is 6.42 Å². The van der Waals surface area contributed by atoms with E-state index in [2.05, 4.69) is 0 Å². The molecule has 68 valence electrons. The van der Waals surface area contributed by atoms with E-state index >= 15 is 0 Å². The highest BCUT2D eigenvalue weighted by Gasteiger charge is 2.32. The highest BCUT2D eigenvalue weighted by molar-refractivity contribution is 5.73. The zero-order chi connectivity index (χ0) is 9.14. The van der Waals surface area contributed by atoms with E-state index in [4.69, 9.17) is 4.74 Å². The largest absolute Gasteiger partial charge is 0.444 e. The Morgan fingerprint density at radius 2 is 2.33 bits per heavy atom. The van der Waals surface area contributed by atoms with Gasteiger partial charge in [0.1, 0.15) is 0 Å². The third-order valence-corrected chi connectivity index (χ3v) is 2.08. The number of likely N-dealkylation sites (tertiary alicyclic amines) is 1. The number of ether oxygens (including phenoxy) is 1. The Hall–Kier alpha value is -1.06. The molecule has 1 saturated heterocycles. The summed E-state index contributed by atoms with van der Waals surface area (Å²) in [6, 6.07) is 0. The predicted octanol–water partition coefficient (Wildman–Crippen LogP) is 0.374. The minimum atomic E-state index is -0.338. The Morgan fingerprint density at radius 3 is 2.83 bits per heavy atom. The normalized spacial score (nSPS) is 28.7. The molecule has 0 radical (unpaired) electrons. The minimum absolute atomic E-state index is 0.0359. The van der Waals surface area contributed by atoms with Crippen LogP contribution in [0.3, 0.4) is 0 Å². The molecule has 0 saturated carbocycles. The molecule has 1 rings (SSSR count). The van der Waals surface area contributed by atoms with Crippen LogP contribution in [0, 0.1) is 5.92 Å². The van der Waals surface area contributed by atoms with Crippen molar-refractivity contribution in [1.29, 1.82) is 0 Å². The fourth-order valence-corrected chi connectivity index (χ4v) is 1.52. The molecule has 2 atom stereocenters. The number of carbonyl (C=O) groups is 2. The van der Waals surface area contributed by atoms with Crippen LogP contribution in [0.5, 0.6) is 0 Å². The first-order valence-corrected chi connectivity index (χ1v) is 4.01. The molecule has 2 unspecified atom stereocenters. The van der Waals surface area contributed by atoms with Crippen molar-refractivity contribution in [3.05, 3.63) is 0 Å². The van der Waals surface area contributed by atoms with Gasteiger partial charge < -0.3 is 9.64 Å². The minimum Gasteiger partial charge on any atom is -0.444 e. The zero-order valence-corrected chi connectivity index (χ0v) is 7.32. The van der Waals surface area contributed by atoms with Gasteiger partial charge in [0.2, 0.25) is 5.91 Å². The lowest BCUT2D eigenvalue weighted by atomic mass is 10.1. The molecule has 4 nitrogen and oxygen atoms in total. The fourth-order valence-electron chi connectivity index (χ4n) is 1.52. The number of rotatable bonds is 2. The third-order valence-electron chi connectivity index (χ3n) is 2.08. The number of hydrogen-bond donors (Lipinski definition) is 0. The van der Waals surface area contributed by atoms with Gasteiger partial charge in [-0.2, -0.15) is 0 Å². The molecule has 0 aromatic rings. The van der Waals surface area contributed by atoms with E-state index in [-0.39, 0.29) is 12.1 Å².